The van der Waals surface area contributed by atoms with Gasteiger partial charge in [-0.3, -0.25) is 0 Å². The third-order valence-electron chi connectivity index (χ3n) is 2.71. The number of piperidine rings is 1. The minimum absolute atomic E-state index is 0.0151. The fraction of sp³-hybridized carbons (Fsp3) is 0.909. The molecule has 0 bridgehead atoms. The van der Waals surface area contributed by atoms with E-state index in [9.17, 15) is 4.79 Å². The van der Waals surface area contributed by atoms with E-state index in [0.717, 1.165) is 0 Å². The molecule has 1 rings (SSSR count). The summed E-state index contributed by atoms with van der Waals surface area (Å²) < 4.78 is 5.30. The number of rotatable bonds is 1. The Morgan fingerprint density at radius 3 is 2.65 bits per heavy atom. The molecule has 0 aromatic carbocycles. The number of hydrogen-bond donors (Lipinski definition) is 0. The molecule has 6 heteroatoms. The molecule has 1 heterocycles. The molecule has 17 heavy (non-hydrogen) atoms. The van der Waals surface area contributed by atoms with Crippen molar-refractivity contribution in [2.24, 2.45) is 11.0 Å². The van der Waals surface area contributed by atoms with Crippen LogP contribution < -0.4 is 0 Å². The molecule has 0 aromatic rings. The lowest BCUT2D eigenvalue weighted by atomic mass is 9.95. The Hall–Kier alpha value is -1.42. The van der Waals surface area contributed by atoms with Crippen molar-refractivity contribution in [2.45, 2.75) is 45.8 Å². The number of likely N-dealkylation sites (tertiary alicyclic amines) is 1. The van der Waals surface area contributed by atoms with Crippen molar-refractivity contribution in [3.63, 3.8) is 0 Å². The highest BCUT2D eigenvalue weighted by atomic mass is 16.6. The minimum Gasteiger partial charge on any atom is -0.444 e. The maximum Gasteiger partial charge on any atom is 0.410 e. The first-order valence-corrected chi connectivity index (χ1v) is 5.85. The molecule has 0 aromatic heterocycles. The van der Waals surface area contributed by atoms with Gasteiger partial charge in [0.05, 0.1) is 0 Å². The average molecular weight is 240 g/mol. The zero-order chi connectivity index (χ0) is 13.1. The van der Waals surface area contributed by atoms with Crippen LogP contribution in [0, 0.1) is 5.92 Å². The summed E-state index contributed by atoms with van der Waals surface area (Å²) >= 11 is 0. The monoisotopic (exact) mass is 240 g/mol. The van der Waals surface area contributed by atoms with Crippen LogP contribution in [0.3, 0.4) is 0 Å². The molecular formula is C11H20N4O2. The number of ether oxygens (including phenoxy) is 1. The van der Waals surface area contributed by atoms with Crippen molar-refractivity contribution in [2.75, 3.05) is 13.1 Å². The third kappa shape index (κ3) is 4.15. The molecule has 2 atom stereocenters. The van der Waals surface area contributed by atoms with Gasteiger partial charge in [0.25, 0.3) is 0 Å². The van der Waals surface area contributed by atoms with Gasteiger partial charge >= 0.3 is 6.09 Å². The molecule has 1 aliphatic heterocycles. The van der Waals surface area contributed by atoms with Gasteiger partial charge in [-0.2, -0.15) is 0 Å². The first-order chi connectivity index (χ1) is 7.83. The Morgan fingerprint density at radius 1 is 1.53 bits per heavy atom. The van der Waals surface area contributed by atoms with Gasteiger partial charge in [-0.15, -0.1) is 0 Å². The molecule has 6 nitrogen and oxygen atoms in total. The van der Waals surface area contributed by atoms with E-state index in [1.54, 1.807) is 4.90 Å². The fourth-order valence-corrected chi connectivity index (χ4v) is 1.86. The smallest absolute Gasteiger partial charge is 0.410 e. The van der Waals surface area contributed by atoms with Crippen LogP contribution in [0.1, 0.15) is 34.1 Å². The Kier molecular flexibility index (Phi) is 4.23. The number of azide groups is 1. The summed E-state index contributed by atoms with van der Waals surface area (Å²) in [6, 6.07) is -0.0151. The third-order valence-corrected chi connectivity index (χ3v) is 2.71. The van der Waals surface area contributed by atoms with Crippen molar-refractivity contribution in [1.29, 1.82) is 0 Å². The van der Waals surface area contributed by atoms with Gasteiger partial charge in [0, 0.05) is 24.0 Å². The SMILES string of the molecule is C[C@H]1CN(C(=O)OC(C)(C)C)CC[C@H]1N=[N+]=[N-]. The highest BCUT2D eigenvalue weighted by Gasteiger charge is 2.30. The molecule has 1 amide bonds. The van der Waals surface area contributed by atoms with E-state index >= 15 is 0 Å². The van der Waals surface area contributed by atoms with E-state index in [2.05, 4.69) is 10.0 Å². The average Bonchev–Trinajstić information content (AvgIpc) is 2.18. The maximum absolute atomic E-state index is 11.8. The van der Waals surface area contributed by atoms with Crippen LogP contribution in [0.2, 0.25) is 0 Å². The minimum atomic E-state index is -0.470. The summed E-state index contributed by atoms with van der Waals surface area (Å²) in [5.74, 6) is 0.173. The molecule has 0 spiro atoms. The molecule has 0 radical (unpaired) electrons. The maximum atomic E-state index is 11.8. The van der Waals surface area contributed by atoms with E-state index in [0.29, 0.717) is 19.5 Å². The zero-order valence-electron chi connectivity index (χ0n) is 10.9. The number of carbonyl (C=O) groups is 1. The van der Waals surface area contributed by atoms with E-state index in [1.165, 1.54) is 0 Å². The lowest BCUT2D eigenvalue weighted by molar-refractivity contribution is 0.0158. The van der Waals surface area contributed by atoms with Crippen LogP contribution >= 0.6 is 0 Å². The molecule has 0 aliphatic carbocycles. The van der Waals surface area contributed by atoms with Gasteiger partial charge < -0.3 is 9.64 Å². The Balaban J connectivity index is 2.55. The van der Waals surface area contributed by atoms with Gasteiger partial charge in [0.15, 0.2) is 0 Å². The second kappa shape index (κ2) is 5.27. The van der Waals surface area contributed by atoms with Crippen LogP contribution in [0.25, 0.3) is 10.4 Å². The summed E-state index contributed by atoms with van der Waals surface area (Å²) in [5, 5.41) is 3.73. The van der Waals surface area contributed by atoms with Crippen LogP contribution in [-0.4, -0.2) is 35.7 Å². The van der Waals surface area contributed by atoms with Crippen LogP contribution in [0.4, 0.5) is 4.79 Å². The van der Waals surface area contributed by atoms with Crippen molar-refractivity contribution in [3.05, 3.63) is 10.4 Å². The highest BCUT2D eigenvalue weighted by Crippen LogP contribution is 2.21. The van der Waals surface area contributed by atoms with Gasteiger partial charge in [-0.1, -0.05) is 12.0 Å². The molecule has 1 aliphatic rings. The Bertz CT molecular complexity index is 331. The lowest BCUT2D eigenvalue weighted by Gasteiger charge is -2.35. The molecule has 1 fully saturated rings. The normalized spacial score (nSPS) is 25.1. The van der Waals surface area contributed by atoms with Crippen LogP contribution in [0.5, 0.6) is 0 Å². The van der Waals surface area contributed by atoms with Gasteiger partial charge in [0.2, 0.25) is 0 Å². The summed E-state index contributed by atoms with van der Waals surface area (Å²) in [7, 11) is 0. The van der Waals surface area contributed by atoms with Crippen LogP contribution in [-0.2, 0) is 4.74 Å². The van der Waals surface area contributed by atoms with E-state index in [1.807, 2.05) is 27.7 Å². The van der Waals surface area contributed by atoms with Crippen molar-refractivity contribution < 1.29 is 9.53 Å². The Morgan fingerprint density at radius 2 is 2.18 bits per heavy atom. The molecule has 96 valence electrons. The van der Waals surface area contributed by atoms with Gasteiger partial charge in [-0.05, 0) is 38.6 Å². The predicted molar refractivity (Wildman–Crippen MR) is 64.5 cm³/mol. The van der Waals surface area contributed by atoms with E-state index in [-0.39, 0.29) is 18.1 Å². The predicted octanol–water partition coefficient (Wildman–Crippen LogP) is 2.94. The van der Waals surface area contributed by atoms with Crippen molar-refractivity contribution >= 4 is 6.09 Å². The number of nitrogens with zero attached hydrogens (tertiary/aromatic N) is 4. The summed E-state index contributed by atoms with van der Waals surface area (Å²) in [5.41, 5.74) is 7.95. The topological polar surface area (TPSA) is 78.3 Å². The van der Waals surface area contributed by atoms with Crippen molar-refractivity contribution in [1.82, 2.24) is 4.90 Å². The lowest BCUT2D eigenvalue weighted by Crippen LogP contribution is -2.46. The second-order valence-corrected chi connectivity index (χ2v) is 5.46. The standard InChI is InChI=1S/C11H20N4O2/c1-8-7-15(6-5-9(8)13-14-12)10(16)17-11(2,3)4/h8-9H,5-7H2,1-4H3/t8-,9+/m0/s1. The molecule has 1 saturated heterocycles. The first-order valence-electron chi connectivity index (χ1n) is 5.85. The molecule has 0 N–H and O–H groups in total. The van der Waals surface area contributed by atoms with Gasteiger partial charge in [0.1, 0.15) is 5.60 Å². The summed E-state index contributed by atoms with van der Waals surface area (Å²) in [6.07, 6.45) is 0.411. The number of hydrogen-bond acceptors (Lipinski definition) is 3. The van der Waals surface area contributed by atoms with Gasteiger partial charge in [-0.25, -0.2) is 4.79 Å². The van der Waals surface area contributed by atoms with E-state index < -0.39 is 5.60 Å². The number of carbonyl (C=O) groups excluding carboxylic acids is 1. The highest BCUT2D eigenvalue weighted by molar-refractivity contribution is 5.68. The second-order valence-electron chi connectivity index (χ2n) is 5.46. The quantitative estimate of drug-likeness (QED) is 0.401. The number of amides is 1. The summed E-state index contributed by atoms with van der Waals surface area (Å²) in [6.45, 7) is 8.70. The summed E-state index contributed by atoms with van der Waals surface area (Å²) in [4.78, 5) is 16.3. The molecule has 0 saturated carbocycles. The first kappa shape index (κ1) is 13.6. The van der Waals surface area contributed by atoms with E-state index in [4.69, 9.17) is 10.3 Å². The molecule has 0 unspecified atom stereocenters. The molecular weight excluding hydrogens is 220 g/mol. The van der Waals surface area contributed by atoms with Crippen LogP contribution in [0.15, 0.2) is 5.11 Å². The largest absolute Gasteiger partial charge is 0.444 e. The van der Waals surface area contributed by atoms with Crippen molar-refractivity contribution in [3.8, 4) is 0 Å². The zero-order valence-corrected chi connectivity index (χ0v) is 10.9. The fourth-order valence-electron chi connectivity index (χ4n) is 1.86. The Labute approximate surface area is 102 Å².